The van der Waals surface area contributed by atoms with Crippen LogP contribution in [0, 0.1) is 6.92 Å². The molecule has 0 aliphatic heterocycles. The monoisotopic (exact) mass is 217 g/mol. The number of hydrogen-bond donors (Lipinski definition) is 0. The SMILES string of the molecule is CCCc1sc(C)nc1-c1ccccc1. The first-order valence-corrected chi connectivity index (χ1v) is 6.14. The van der Waals surface area contributed by atoms with Crippen LogP contribution in [0.25, 0.3) is 11.3 Å². The number of benzene rings is 1. The minimum absolute atomic E-state index is 1.13. The van der Waals surface area contributed by atoms with Gasteiger partial charge in [-0.1, -0.05) is 43.7 Å². The van der Waals surface area contributed by atoms with Crippen molar-refractivity contribution in [3.8, 4) is 11.3 Å². The molecular weight excluding hydrogens is 202 g/mol. The number of hydrogen-bond acceptors (Lipinski definition) is 2. The highest BCUT2D eigenvalue weighted by Gasteiger charge is 2.09. The molecule has 0 bridgehead atoms. The summed E-state index contributed by atoms with van der Waals surface area (Å²) in [5, 5.41) is 1.16. The normalized spacial score (nSPS) is 10.5. The third-order valence-electron chi connectivity index (χ3n) is 2.33. The van der Waals surface area contributed by atoms with Gasteiger partial charge < -0.3 is 0 Å². The lowest BCUT2D eigenvalue weighted by Crippen LogP contribution is -1.84. The van der Waals surface area contributed by atoms with Crippen LogP contribution in [0.3, 0.4) is 0 Å². The van der Waals surface area contributed by atoms with Crippen molar-refractivity contribution in [1.29, 1.82) is 0 Å². The lowest BCUT2D eigenvalue weighted by molar-refractivity contribution is 0.938. The maximum absolute atomic E-state index is 4.62. The van der Waals surface area contributed by atoms with Gasteiger partial charge in [0.15, 0.2) is 0 Å². The lowest BCUT2D eigenvalue weighted by Gasteiger charge is -2.00. The second-order valence-corrected chi connectivity index (χ2v) is 4.91. The first-order valence-electron chi connectivity index (χ1n) is 5.33. The summed E-state index contributed by atoms with van der Waals surface area (Å²) in [5.74, 6) is 0. The van der Waals surface area contributed by atoms with Crippen molar-refractivity contribution in [2.45, 2.75) is 26.7 Å². The van der Waals surface area contributed by atoms with Crippen LogP contribution in [0.5, 0.6) is 0 Å². The first kappa shape index (κ1) is 10.4. The number of aryl methyl sites for hydroxylation is 2. The van der Waals surface area contributed by atoms with E-state index in [1.54, 1.807) is 0 Å². The standard InChI is InChI=1S/C13H15NS/c1-3-7-12-13(14-10(2)15-12)11-8-5-4-6-9-11/h4-6,8-9H,3,7H2,1-2H3. The van der Waals surface area contributed by atoms with E-state index in [1.165, 1.54) is 22.6 Å². The van der Waals surface area contributed by atoms with Crippen molar-refractivity contribution in [3.63, 3.8) is 0 Å². The van der Waals surface area contributed by atoms with Gasteiger partial charge in [-0.3, -0.25) is 0 Å². The Kier molecular flexibility index (Phi) is 3.17. The summed E-state index contributed by atoms with van der Waals surface area (Å²) >= 11 is 1.82. The number of aromatic nitrogens is 1. The second-order valence-electron chi connectivity index (χ2n) is 3.62. The third-order valence-corrected chi connectivity index (χ3v) is 3.36. The molecule has 1 aromatic carbocycles. The molecule has 0 fully saturated rings. The van der Waals surface area contributed by atoms with Crippen LogP contribution < -0.4 is 0 Å². The van der Waals surface area contributed by atoms with E-state index in [0.29, 0.717) is 0 Å². The molecule has 0 saturated carbocycles. The average Bonchev–Trinajstić information content (AvgIpc) is 2.62. The number of thiazole rings is 1. The van der Waals surface area contributed by atoms with Crippen LogP contribution in [0.15, 0.2) is 30.3 Å². The highest BCUT2D eigenvalue weighted by atomic mass is 32.1. The van der Waals surface area contributed by atoms with Gasteiger partial charge >= 0.3 is 0 Å². The van der Waals surface area contributed by atoms with Gasteiger partial charge in [-0.2, -0.15) is 0 Å². The topological polar surface area (TPSA) is 12.9 Å². The van der Waals surface area contributed by atoms with Crippen molar-refractivity contribution >= 4 is 11.3 Å². The van der Waals surface area contributed by atoms with E-state index in [-0.39, 0.29) is 0 Å². The van der Waals surface area contributed by atoms with Gasteiger partial charge in [0.25, 0.3) is 0 Å². The molecule has 0 aliphatic carbocycles. The Hall–Kier alpha value is -1.15. The number of nitrogens with zero attached hydrogens (tertiary/aromatic N) is 1. The van der Waals surface area contributed by atoms with Crippen LogP contribution in [0.2, 0.25) is 0 Å². The van der Waals surface area contributed by atoms with Crippen LogP contribution in [-0.4, -0.2) is 4.98 Å². The summed E-state index contributed by atoms with van der Waals surface area (Å²) in [6.45, 7) is 4.29. The van der Waals surface area contributed by atoms with Gasteiger partial charge in [0.2, 0.25) is 0 Å². The molecule has 2 heteroatoms. The number of rotatable bonds is 3. The van der Waals surface area contributed by atoms with E-state index in [9.17, 15) is 0 Å². The van der Waals surface area contributed by atoms with Gasteiger partial charge in [0.1, 0.15) is 0 Å². The molecule has 1 aromatic heterocycles. The van der Waals surface area contributed by atoms with Crippen LogP contribution in [-0.2, 0) is 6.42 Å². The molecule has 15 heavy (non-hydrogen) atoms. The van der Waals surface area contributed by atoms with E-state index in [2.05, 4.69) is 43.1 Å². The maximum Gasteiger partial charge on any atom is 0.0904 e. The molecule has 0 spiro atoms. The van der Waals surface area contributed by atoms with E-state index < -0.39 is 0 Å². The third kappa shape index (κ3) is 2.26. The van der Waals surface area contributed by atoms with Crippen molar-refractivity contribution < 1.29 is 0 Å². The predicted octanol–water partition coefficient (Wildman–Crippen LogP) is 4.07. The summed E-state index contributed by atoms with van der Waals surface area (Å²) in [6, 6.07) is 10.4. The Labute approximate surface area is 94.8 Å². The van der Waals surface area contributed by atoms with Crippen molar-refractivity contribution in [2.24, 2.45) is 0 Å². The molecule has 2 rings (SSSR count). The minimum atomic E-state index is 1.13. The Balaban J connectivity index is 2.43. The molecule has 0 N–H and O–H groups in total. The van der Waals surface area contributed by atoms with Crippen molar-refractivity contribution in [2.75, 3.05) is 0 Å². The predicted molar refractivity (Wildman–Crippen MR) is 66.3 cm³/mol. The molecule has 0 radical (unpaired) electrons. The molecule has 1 nitrogen and oxygen atoms in total. The molecule has 0 saturated heterocycles. The lowest BCUT2D eigenvalue weighted by atomic mass is 10.1. The van der Waals surface area contributed by atoms with Gasteiger partial charge in [-0.05, 0) is 13.3 Å². The van der Waals surface area contributed by atoms with Gasteiger partial charge in [-0.25, -0.2) is 4.98 Å². The fraction of sp³-hybridized carbons (Fsp3) is 0.308. The smallest absolute Gasteiger partial charge is 0.0904 e. The minimum Gasteiger partial charge on any atom is -0.241 e. The molecule has 1 heterocycles. The Morgan fingerprint density at radius 2 is 1.93 bits per heavy atom. The molecule has 0 unspecified atom stereocenters. The zero-order valence-corrected chi connectivity index (χ0v) is 9.97. The zero-order valence-electron chi connectivity index (χ0n) is 9.16. The first-order chi connectivity index (χ1) is 7.31. The summed E-state index contributed by atoms with van der Waals surface area (Å²) in [7, 11) is 0. The molecule has 0 amide bonds. The fourth-order valence-corrected chi connectivity index (χ4v) is 2.75. The summed E-state index contributed by atoms with van der Waals surface area (Å²) in [5.41, 5.74) is 2.42. The Morgan fingerprint density at radius 3 is 2.60 bits per heavy atom. The molecular formula is C13H15NS. The maximum atomic E-state index is 4.62. The summed E-state index contributed by atoms with van der Waals surface area (Å²) in [4.78, 5) is 6.04. The molecule has 0 atom stereocenters. The Morgan fingerprint density at radius 1 is 1.20 bits per heavy atom. The van der Waals surface area contributed by atoms with E-state index in [0.717, 1.165) is 11.4 Å². The second kappa shape index (κ2) is 4.58. The zero-order chi connectivity index (χ0) is 10.7. The van der Waals surface area contributed by atoms with E-state index in [4.69, 9.17) is 0 Å². The highest BCUT2D eigenvalue weighted by molar-refractivity contribution is 7.12. The van der Waals surface area contributed by atoms with Crippen LogP contribution in [0.4, 0.5) is 0 Å². The van der Waals surface area contributed by atoms with Crippen LogP contribution in [0.1, 0.15) is 23.2 Å². The molecule has 78 valence electrons. The summed E-state index contributed by atoms with van der Waals surface area (Å²) < 4.78 is 0. The Bertz CT molecular complexity index is 431. The molecule has 2 aromatic rings. The van der Waals surface area contributed by atoms with Gasteiger partial charge in [0, 0.05) is 10.4 Å². The fourth-order valence-electron chi connectivity index (χ4n) is 1.69. The highest BCUT2D eigenvalue weighted by Crippen LogP contribution is 2.28. The average molecular weight is 217 g/mol. The quantitative estimate of drug-likeness (QED) is 0.755. The van der Waals surface area contributed by atoms with Gasteiger partial charge in [0.05, 0.1) is 10.7 Å². The van der Waals surface area contributed by atoms with Gasteiger partial charge in [-0.15, -0.1) is 11.3 Å². The van der Waals surface area contributed by atoms with E-state index in [1.807, 2.05) is 17.4 Å². The van der Waals surface area contributed by atoms with Crippen LogP contribution >= 0.6 is 11.3 Å². The van der Waals surface area contributed by atoms with E-state index >= 15 is 0 Å². The largest absolute Gasteiger partial charge is 0.241 e. The van der Waals surface area contributed by atoms with Crippen molar-refractivity contribution in [1.82, 2.24) is 4.98 Å². The molecule has 0 aliphatic rings. The summed E-state index contributed by atoms with van der Waals surface area (Å²) in [6.07, 6.45) is 2.32. The van der Waals surface area contributed by atoms with Crippen molar-refractivity contribution in [3.05, 3.63) is 40.2 Å².